The Bertz CT molecular complexity index is 141. The lowest BCUT2D eigenvalue weighted by Crippen LogP contribution is -2.57. The van der Waals surface area contributed by atoms with E-state index in [0.717, 1.165) is 13.1 Å². The minimum absolute atomic E-state index is 0.143. The molecule has 0 radical (unpaired) electrons. The van der Waals surface area contributed by atoms with E-state index in [-0.39, 0.29) is 17.8 Å². The number of Topliss-reactive ketones (excluding diaryl/α,β-unsaturated/α-hetero) is 1. The van der Waals surface area contributed by atoms with Crippen molar-refractivity contribution in [2.24, 2.45) is 5.41 Å². The van der Waals surface area contributed by atoms with Crippen molar-refractivity contribution in [1.29, 1.82) is 0 Å². The molecule has 3 heteroatoms. The summed E-state index contributed by atoms with van der Waals surface area (Å²) in [5.74, 6) is 0.203. The molecule has 0 bridgehead atoms. The summed E-state index contributed by atoms with van der Waals surface area (Å²) in [4.78, 5) is 11.2. The summed E-state index contributed by atoms with van der Waals surface area (Å²) >= 11 is 0. The maximum atomic E-state index is 11.2. The van der Waals surface area contributed by atoms with Crippen LogP contribution in [0.15, 0.2) is 0 Å². The summed E-state index contributed by atoms with van der Waals surface area (Å²) in [5.41, 5.74) is -0.143. The number of hydrogen-bond acceptors (Lipinski definition) is 3. The van der Waals surface area contributed by atoms with Gasteiger partial charge in [-0.25, -0.2) is 0 Å². The first-order chi connectivity index (χ1) is 4.69. The molecule has 0 spiro atoms. The molecule has 0 unspecified atom stereocenters. The van der Waals surface area contributed by atoms with Crippen molar-refractivity contribution in [3.05, 3.63) is 0 Å². The normalized spacial score (nSPS) is 21.8. The Kier molecular flexibility index (Phi) is 2.06. The van der Waals surface area contributed by atoms with Gasteiger partial charge in [-0.1, -0.05) is 6.92 Å². The number of rotatable bonds is 3. The number of methoxy groups -OCH3 is 1. The number of nitrogens with one attached hydrogen (secondary N) is 1. The third kappa shape index (κ3) is 1.20. The predicted octanol–water partition coefficient (Wildman–Crippen LogP) is -0.189. The van der Waals surface area contributed by atoms with Crippen LogP contribution in [0.5, 0.6) is 0 Å². The Labute approximate surface area is 60.7 Å². The van der Waals surface area contributed by atoms with Gasteiger partial charge in [0.2, 0.25) is 0 Å². The van der Waals surface area contributed by atoms with E-state index in [9.17, 15) is 4.79 Å². The minimum atomic E-state index is -0.143. The van der Waals surface area contributed by atoms with Crippen molar-refractivity contribution in [2.45, 2.75) is 6.92 Å². The van der Waals surface area contributed by atoms with E-state index < -0.39 is 0 Å². The summed E-state index contributed by atoms with van der Waals surface area (Å²) in [7, 11) is 1.55. The molecule has 1 heterocycles. The zero-order valence-electron chi connectivity index (χ0n) is 6.44. The van der Waals surface area contributed by atoms with Gasteiger partial charge in [0.15, 0.2) is 5.78 Å². The Balaban J connectivity index is 2.39. The summed E-state index contributed by atoms with van der Waals surface area (Å²) in [6.07, 6.45) is 0. The summed E-state index contributed by atoms with van der Waals surface area (Å²) in [5, 5.41) is 3.06. The Morgan fingerprint density at radius 3 is 2.60 bits per heavy atom. The molecule has 1 N–H and O–H groups in total. The lowest BCUT2D eigenvalue weighted by Gasteiger charge is -2.37. The highest BCUT2D eigenvalue weighted by atomic mass is 16.5. The van der Waals surface area contributed by atoms with Gasteiger partial charge in [0, 0.05) is 20.2 Å². The first-order valence-electron chi connectivity index (χ1n) is 3.42. The van der Waals surface area contributed by atoms with Gasteiger partial charge in [-0.3, -0.25) is 4.79 Å². The molecular formula is C7H13NO2. The van der Waals surface area contributed by atoms with Gasteiger partial charge in [-0.15, -0.1) is 0 Å². The van der Waals surface area contributed by atoms with Crippen molar-refractivity contribution in [3.8, 4) is 0 Å². The lowest BCUT2D eigenvalue weighted by molar-refractivity contribution is -0.134. The van der Waals surface area contributed by atoms with Gasteiger partial charge in [0.1, 0.15) is 6.61 Å². The Hall–Kier alpha value is -0.410. The Morgan fingerprint density at radius 2 is 2.30 bits per heavy atom. The average Bonchev–Trinajstić information content (AvgIpc) is 1.83. The van der Waals surface area contributed by atoms with E-state index in [1.165, 1.54) is 0 Å². The monoisotopic (exact) mass is 143 g/mol. The van der Waals surface area contributed by atoms with E-state index in [1.807, 2.05) is 6.92 Å². The predicted molar refractivity (Wildman–Crippen MR) is 37.9 cm³/mol. The Morgan fingerprint density at radius 1 is 1.70 bits per heavy atom. The van der Waals surface area contributed by atoms with E-state index >= 15 is 0 Å². The highest BCUT2D eigenvalue weighted by Gasteiger charge is 2.38. The van der Waals surface area contributed by atoms with E-state index in [2.05, 4.69) is 5.32 Å². The largest absolute Gasteiger partial charge is 0.377 e. The number of carbonyl (C=O) groups is 1. The molecule has 0 aromatic heterocycles. The first-order valence-corrected chi connectivity index (χ1v) is 3.42. The van der Waals surface area contributed by atoms with Crippen LogP contribution in [-0.2, 0) is 9.53 Å². The van der Waals surface area contributed by atoms with Gasteiger partial charge in [0.25, 0.3) is 0 Å². The molecule has 1 fully saturated rings. The lowest BCUT2D eigenvalue weighted by atomic mass is 9.80. The molecule has 0 aromatic rings. The van der Waals surface area contributed by atoms with Crippen molar-refractivity contribution in [1.82, 2.24) is 5.32 Å². The van der Waals surface area contributed by atoms with Crippen LogP contribution in [0.4, 0.5) is 0 Å². The molecule has 0 saturated carbocycles. The average molecular weight is 143 g/mol. The van der Waals surface area contributed by atoms with E-state index in [4.69, 9.17) is 4.74 Å². The van der Waals surface area contributed by atoms with Crippen LogP contribution >= 0.6 is 0 Å². The van der Waals surface area contributed by atoms with Gasteiger partial charge >= 0.3 is 0 Å². The van der Waals surface area contributed by atoms with Crippen molar-refractivity contribution >= 4 is 5.78 Å². The topological polar surface area (TPSA) is 38.3 Å². The van der Waals surface area contributed by atoms with Crippen LogP contribution in [0.1, 0.15) is 6.92 Å². The van der Waals surface area contributed by atoms with Gasteiger partial charge in [0.05, 0.1) is 5.41 Å². The van der Waals surface area contributed by atoms with Crippen molar-refractivity contribution in [3.63, 3.8) is 0 Å². The molecule has 1 saturated heterocycles. The van der Waals surface area contributed by atoms with Crippen LogP contribution in [-0.4, -0.2) is 32.6 Å². The maximum Gasteiger partial charge on any atom is 0.166 e. The van der Waals surface area contributed by atoms with Crippen molar-refractivity contribution < 1.29 is 9.53 Å². The summed E-state index contributed by atoms with van der Waals surface area (Å²) < 4.78 is 4.75. The number of ether oxygens (including phenoxy) is 1. The second-order valence-corrected chi connectivity index (χ2v) is 3.02. The minimum Gasteiger partial charge on any atom is -0.377 e. The molecular weight excluding hydrogens is 130 g/mol. The van der Waals surface area contributed by atoms with Crippen LogP contribution < -0.4 is 5.32 Å². The van der Waals surface area contributed by atoms with Crippen LogP contribution in [0.25, 0.3) is 0 Å². The second-order valence-electron chi connectivity index (χ2n) is 3.02. The van der Waals surface area contributed by atoms with Gasteiger partial charge < -0.3 is 10.1 Å². The highest BCUT2D eigenvalue weighted by Crippen LogP contribution is 2.22. The summed E-state index contributed by atoms with van der Waals surface area (Å²) in [6, 6.07) is 0. The fraction of sp³-hybridized carbons (Fsp3) is 0.857. The highest BCUT2D eigenvalue weighted by molar-refractivity contribution is 5.87. The smallest absolute Gasteiger partial charge is 0.166 e. The molecule has 10 heavy (non-hydrogen) atoms. The zero-order chi connectivity index (χ0) is 7.61. The third-order valence-electron chi connectivity index (χ3n) is 1.98. The molecule has 1 aliphatic heterocycles. The molecule has 3 nitrogen and oxygen atoms in total. The fourth-order valence-electron chi connectivity index (χ4n) is 1.00. The molecule has 0 aromatic carbocycles. The molecule has 0 aliphatic carbocycles. The maximum absolute atomic E-state index is 11.2. The number of hydrogen-bond donors (Lipinski definition) is 1. The number of ketones is 1. The van der Waals surface area contributed by atoms with E-state index in [1.54, 1.807) is 7.11 Å². The third-order valence-corrected chi connectivity index (χ3v) is 1.98. The van der Waals surface area contributed by atoms with Crippen LogP contribution in [0, 0.1) is 5.41 Å². The van der Waals surface area contributed by atoms with Crippen LogP contribution in [0.2, 0.25) is 0 Å². The summed E-state index contributed by atoms with van der Waals surface area (Å²) in [6.45, 7) is 3.81. The molecule has 58 valence electrons. The number of carbonyl (C=O) groups excluding carboxylic acids is 1. The van der Waals surface area contributed by atoms with E-state index in [0.29, 0.717) is 0 Å². The van der Waals surface area contributed by atoms with Crippen LogP contribution in [0.3, 0.4) is 0 Å². The standard InChI is InChI=1S/C7H13NO2/c1-7(4-8-5-7)6(9)3-10-2/h8H,3-5H2,1-2H3. The zero-order valence-corrected chi connectivity index (χ0v) is 6.44. The van der Waals surface area contributed by atoms with Gasteiger partial charge in [-0.05, 0) is 0 Å². The quantitative estimate of drug-likeness (QED) is 0.595. The first kappa shape index (κ1) is 7.69. The molecule has 1 rings (SSSR count). The molecule has 1 aliphatic rings. The van der Waals surface area contributed by atoms with Gasteiger partial charge in [-0.2, -0.15) is 0 Å². The fourth-order valence-corrected chi connectivity index (χ4v) is 1.00. The molecule has 0 amide bonds. The van der Waals surface area contributed by atoms with Crippen molar-refractivity contribution in [2.75, 3.05) is 26.8 Å². The second kappa shape index (κ2) is 2.68. The molecule has 0 atom stereocenters. The SMILES string of the molecule is COCC(=O)C1(C)CNC1.